The van der Waals surface area contributed by atoms with Crippen molar-refractivity contribution in [2.75, 3.05) is 0 Å². The van der Waals surface area contributed by atoms with E-state index in [1.807, 2.05) is 37.3 Å². The molecule has 1 saturated heterocycles. The van der Waals surface area contributed by atoms with E-state index in [1.165, 1.54) is 4.90 Å². The van der Waals surface area contributed by atoms with Crippen LogP contribution in [0, 0.1) is 11.3 Å². The summed E-state index contributed by atoms with van der Waals surface area (Å²) in [5.41, 5.74) is 0.164. The summed E-state index contributed by atoms with van der Waals surface area (Å²) in [5, 5.41) is 0. The smallest absolute Gasteiger partial charge is 0.234 e. The minimum atomic E-state index is -0.752. The highest BCUT2D eigenvalue weighted by Gasteiger charge is 2.47. The fourth-order valence-electron chi connectivity index (χ4n) is 2.54. The maximum atomic E-state index is 12.4. The Morgan fingerprint density at radius 1 is 1.30 bits per heavy atom. The van der Waals surface area contributed by atoms with Crippen LogP contribution in [0.2, 0.25) is 0 Å². The Bertz CT molecular complexity index is 526. The molecular formula is C16H19NO3. The van der Waals surface area contributed by atoms with Crippen LogP contribution in [0.4, 0.5) is 0 Å². The lowest BCUT2D eigenvalue weighted by Gasteiger charge is -2.26. The van der Waals surface area contributed by atoms with Crippen molar-refractivity contribution in [3.05, 3.63) is 35.9 Å². The van der Waals surface area contributed by atoms with E-state index in [9.17, 15) is 14.4 Å². The molecule has 1 aromatic rings. The van der Waals surface area contributed by atoms with E-state index in [2.05, 4.69) is 0 Å². The van der Waals surface area contributed by atoms with Gasteiger partial charge in [-0.1, -0.05) is 44.2 Å². The Morgan fingerprint density at radius 2 is 1.95 bits per heavy atom. The number of nitrogens with zero attached hydrogens (tertiary/aromatic N) is 1. The number of carbonyl (C=O) groups is 3. The molecule has 0 saturated carbocycles. The predicted octanol–water partition coefficient (Wildman–Crippen LogP) is 2.18. The lowest BCUT2D eigenvalue weighted by atomic mass is 9.75. The molecule has 1 unspecified atom stereocenters. The number of aldehydes is 1. The van der Waals surface area contributed by atoms with Gasteiger partial charge in [0.05, 0.1) is 12.5 Å². The van der Waals surface area contributed by atoms with Gasteiger partial charge in [0, 0.05) is 11.8 Å². The van der Waals surface area contributed by atoms with Gasteiger partial charge in [0.1, 0.15) is 6.29 Å². The third-order valence-electron chi connectivity index (χ3n) is 4.25. The molecule has 106 valence electrons. The fraction of sp³-hybridized carbons (Fsp3) is 0.438. The summed E-state index contributed by atoms with van der Waals surface area (Å²) in [6.07, 6.45) is 1.50. The second-order valence-corrected chi connectivity index (χ2v) is 5.54. The molecule has 2 atom stereocenters. The van der Waals surface area contributed by atoms with Crippen LogP contribution >= 0.6 is 0 Å². The lowest BCUT2D eigenvalue weighted by Crippen LogP contribution is -2.36. The molecule has 2 amide bonds. The number of hydrogen-bond acceptors (Lipinski definition) is 3. The topological polar surface area (TPSA) is 54.5 Å². The molecule has 0 N–H and O–H groups in total. The zero-order valence-corrected chi connectivity index (χ0v) is 11.8. The van der Waals surface area contributed by atoms with Crippen molar-refractivity contribution >= 4 is 18.1 Å². The Balaban J connectivity index is 2.19. The minimum absolute atomic E-state index is 0.134. The van der Waals surface area contributed by atoms with Crippen molar-refractivity contribution in [3.63, 3.8) is 0 Å². The Labute approximate surface area is 118 Å². The van der Waals surface area contributed by atoms with Crippen molar-refractivity contribution < 1.29 is 14.4 Å². The van der Waals surface area contributed by atoms with E-state index in [-0.39, 0.29) is 24.8 Å². The number of rotatable bonds is 5. The van der Waals surface area contributed by atoms with Crippen LogP contribution in [0.15, 0.2) is 30.3 Å². The highest BCUT2D eigenvalue weighted by Crippen LogP contribution is 2.37. The van der Waals surface area contributed by atoms with Gasteiger partial charge in [-0.15, -0.1) is 0 Å². The summed E-state index contributed by atoms with van der Waals surface area (Å²) in [5.74, 6) is -0.943. The molecule has 0 aliphatic carbocycles. The van der Waals surface area contributed by atoms with E-state index in [0.717, 1.165) is 11.8 Å². The highest BCUT2D eigenvalue weighted by molar-refractivity contribution is 6.05. The van der Waals surface area contributed by atoms with Crippen LogP contribution in [-0.4, -0.2) is 23.0 Å². The summed E-state index contributed by atoms with van der Waals surface area (Å²) >= 11 is 0. The monoisotopic (exact) mass is 273 g/mol. The maximum absolute atomic E-state index is 12.4. The molecule has 1 aromatic carbocycles. The number of likely N-dealkylation sites (tertiary alicyclic amines) is 1. The number of amides is 2. The number of carbonyl (C=O) groups excluding carboxylic acids is 3. The first kappa shape index (κ1) is 14.4. The SMILES string of the molecule is CCC(C)(C=O)[C@H]1CC(=O)N(Cc2ccccc2)C1=O. The van der Waals surface area contributed by atoms with Gasteiger partial charge < -0.3 is 4.79 Å². The first-order chi connectivity index (χ1) is 9.51. The van der Waals surface area contributed by atoms with Gasteiger partial charge >= 0.3 is 0 Å². The normalized spacial score (nSPS) is 21.9. The zero-order chi connectivity index (χ0) is 14.8. The van der Waals surface area contributed by atoms with Gasteiger partial charge in [0.15, 0.2) is 0 Å². The number of hydrogen-bond donors (Lipinski definition) is 0. The van der Waals surface area contributed by atoms with Crippen LogP contribution in [0.3, 0.4) is 0 Å². The summed E-state index contributed by atoms with van der Waals surface area (Å²) in [6, 6.07) is 9.40. The van der Waals surface area contributed by atoms with Gasteiger partial charge in [0.2, 0.25) is 11.8 Å². The largest absolute Gasteiger partial charge is 0.303 e. The van der Waals surface area contributed by atoms with E-state index in [0.29, 0.717) is 6.42 Å². The molecule has 20 heavy (non-hydrogen) atoms. The van der Waals surface area contributed by atoms with Crippen molar-refractivity contribution in [3.8, 4) is 0 Å². The number of imide groups is 1. The molecule has 0 spiro atoms. The molecule has 0 radical (unpaired) electrons. The molecule has 0 bridgehead atoms. The van der Waals surface area contributed by atoms with Crippen molar-refractivity contribution in [1.29, 1.82) is 0 Å². The molecule has 1 aliphatic heterocycles. The van der Waals surface area contributed by atoms with Gasteiger partial charge in [-0.05, 0) is 12.0 Å². The van der Waals surface area contributed by atoms with E-state index in [4.69, 9.17) is 0 Å². The Hall–Kier alpha value is -1.97. The summed E-state index contributed by atoms with van der Waals surface area (Å²) in [7, 11) is 0. The van der Waals surface area contributed by atoms with E-state index >= 15 is 0 Å². The molecular weight excluding hydrogens is 254 g/mol. The third kappa shape index (κ3) is 2.50. The first-order valence-electron chi connectivity index (χ1n) is 6.86. The lowest BCUT2D eigenvalue weighted by molar-refractivity contribution is -0.142. The molecule has 0 aromatic heterocycles. The van der Waals surface area contributed by atoms with Crippen LogP contribution < -0.4 is 0 Å². The van der Waals surface area contributed by atoms with Crippen LogP contribution in [-0.2, 0) is 20.9 Å². The zero-order valence-electron chi connectivity index (χ0n) is 11.8. The average Bonchev–Trinajstić information content (AvgIpc) is 2.76. The van der Waals surface area contributed by atoms with Crippen molar-refractivity contribution in [1.82, 2.24) is 4.90 Å². The second-order valence-electron chi connectivity index (χ2n) is 5.54. The molecule has 1 fully saturated rings. The van der Waals surface area contributed by atoms with Crippen molar-refractivity contribution in [2.24, 2.45) is 11.3 Å². The fourth-order valence-corrected chi connectivity index (χ4v) is 2.54. The minimum Gasteiger partial charge on any atom is -0.303 e. The first-order valence-corrected chi connectivity index (χ1v) is 6.86. The summed E-state index contributed by atoms with van der Waals surface area (Å²) in [4.78, 5) is 37.1. The highest BCUT2D eigenvalue weighted by atomic mass is 16.2. The predicted molar refractivity (Wildman–Crippen MR) is 74.6 cm³/mol. The van der Waals surface area contributed by atoms with Crippen LogP contribution in [0.5, 0.6) is 0 Å². The standard InChI is InChI=1S/C16H19NO3/c1-3-16(2,11-18)13-9-14(19)17(15(13)20)10-12-7-5-4-6-8-12/h4-8,11,13H,3,9-10H2,1-2H3/t13-,16?/m0/s1. The molecule has 2 rings (SSSR count). The van der Waals surface area contributed by atoms with Crippen molar-refractivity contribution in [2.45, 2.75) is 33.2 Å². The molecule has 4 nitrogen and oxygen atoms in total. The quantitative estimate of drug-likeness (QED) is 0.610. The maximum Gasteiger partial charge on any atom is 0.234 e. The molecule has 1 heterocycles. The van der Waals surface area contributed by atoms with Crippen LogP contribution in [0.25, 0.3) is 0 Å². The van der Waals surface area contributed by atoms with Gasteiger partial charge in [0.25, 0.3) is 0 Å². The van der Waals surface area contributed by atoms with E-state index in [1.54, 1.807) is 6.92 Å². The summed E-state index contributed by atoms with van der Waals surface area (Å²) < 4.78 is 0. The van der Waals surface area contributed by atoms with Gasteiger partial charge in [-0.25, -0.2) is 0 Å². The summed E-state index contributed by atoms with van der Waals surface area (Å²) in [6.45, 7) is 3.90. The second kappa shape index (κ2) is 5.57. The van der Waals surface area contributed by atoms with E-state index < -0.39 is 11.3 Å². The Kier molecular flexibility index (Phi) is 4.02. The third-order valence-corrected chi connectivity index (χ3v) is 4.25. The average molecular weight is 273 g/mol. The molecule has 4 heteroatoms. The number of benzene rings is 1. The molecule has 1 aliphatic rings. The van der Waals surface area contributed by atoms with Gasteiger partial charge in [-0.3, -0.25) is 14.5 Å². The van der Waals surface area contributed by atoms with Gasteiger partial charge in [-0.2, -0.15) is 0 Å². The Morgan fingerprint density at radius 3 is 2.50 bits per heavy atom. The van der Waals surface area contributed by atoms with Crippen LogP contribution in [0.1, 0.15) is 32.3 Å².